The predicted molar refractivity (Wildman–Crippen MR) is 180 cm³/mol. The number of ether oxygens (including phenoxy) is 5. The number of nitrogens with zero attached hydrogens (tertiary/aromatic N) is 3. The number of alkyl carbamates (subject to hydrolysis) is 1. The van der Waals surface area contributed by atoms with E-state index in [1.807, 2.05) is 18.9 Å². The zero-order valence-electron chi connectivity index (χ0n) is 30.4. The lowest BCUT2D eigenvalue weighted by Crippen LogP contribution is -2.71. The molecule has 3 aliphatic heterocycles. The van der Waals surface area contributed by atoms with Crippen molar-refractivity contribution in [2.24, 2.45) is 0 Å². The third kappa shape index (κ3) is 6.34. The number of nitrogens with one attached hydrogen (secondary N) is 2. The van der Waals surface area contributed by atoms with E-state index >= 15 is 0 Å². The highest BCUT2D eigenvalue weighted by molar-refractivity contribution is 6.25. The number of rotatable bonds is 9. The molecule has 1 aliphatic carbocycles. The van der Waals surface area contributed by atoms with Gasteiger partial charge in [0.2, 0.25) is 11.7 Å². The number of ketones is 2. The molecule has 5 rings (SSSR count). The molecule has 6 atom stereocenters. The van der Waals surface area contributed by atoms with Crippen molar-refractivity contribution >= 4 is 23.6 Å². The minimum Gasteiger partial charge on any atom is -0.493 e. The molecule has 1 fully saturated rings. The van der Waals surface area contributed by atoms with Crippen molar-refractivity contribution in [3.8, 4) is 17.6 Å². The summed E-state index contributed by atoms with van der Waals surface area (Å²) in [5.74, 6) is -0.298. The molecule has 1 aromatic carbocycles. The second-order valence-electron chi connectivity index (χ2n) is 14.2. The lowest BCUT2D eigenvalue weighted by molar-refractivity contribution is -0.125. The number of piperazine rings is 1. The molecule has 0 saturated carbocycles. The predicted octanol–water partition coefficient (Wildman–Crippen LogP) is 2.63. The molecule has 270 valence electrons. The minimum atomic E-state index is -0.986. The highest BCUT2D eigenvalue weighted by Crippen LogP contribution is 2.54. The van der Waals surface area contributed by atoms with E-state index in [1.165, 1.54) is 21.1 Å². The van der Waals surface area contributed by atoms with Crippen LogP contribution in [0.3, 0.4) is 0 Å². The van der Waals surface area contributed by atoms with Gasteiger partial charge in [-0.05, 0) is 72.6 Å². The summed E-state index contributed by atoms with van der Waals surface area (Å²) in [5.41, 5.74) is 2.68. The van der Waals surface area contributed by atoms with Gasteiger partial charge >= 0.3 is 6.09 Å². The maximum atomic E-state index is 14.1. The van der Waals surface area contributed by atoms with Crippen LogP contribution in [0.15, 0.2) is 28.5 Å². The Morgan fingerprint density at radius 1 is 1.06 bits per heavy atom. The van der Waals surface area contributed by atoms with Crippen LogP contribution in [0.4, 0.5) is 4.79 Å². The summed E-state index contributed by atoms with van der Waals surface area (Å²) >= 11 is 0. The molecule has 0 radical (unpaired) electrons. The number of likely N-dealkylation sites (N-methyl/N-ethyl adjacent to an activating group) is 1. The Hall–Kier alpha value is -4.45. The number of aryl methyl sites for hydroxylation is 1. The molecule has 0 spiro atoms. The molecule has 50 heavy (non-hydrogen) atoms. The van der Waals surface area contributed by atoms with Crippen molar-refractivity contribution in [2.45, 2.75) is 96.2 Å². The first-order valence-corrected chi connectivity index (χ1v) is 16.7. The van der Waals surface area contributed by atoms with Gasteiger partial charge in [-0.3, -0.25) is 24.2 Å². The van der Waals surface area contributed by atoms with Crippen molar-refractivity contribution in [3.63, 3.8) is 0 Å². The van der Waals surface area contributed by atoms with Crippen molar-refractivity contribution in [3.05, 3.63) is 45.2 Å². The largest absolute Gasteiger partial charge is 0.493 e. The van der Waals surface area contributed by atoms with Crippen LogP contribution >= 0.6 is 0 Å². The van der Waals surface area contributed by atoms with Crippen LogP contribution in [0.1, 0.15) is 63.8 Å². The number of carbonyl (C=O) groups is 4. The maximum absolute atomic E-state index is 14.1. The van der Waals surface area contributed by atoms with Crippen LogP contribution in [0.5, 0.6) is 11.5 Å². The van der Waals surface area contributed by atoms with Crippen LogP contribution in [-0.4, -0.2) is 111 Å². The third-order valence-electron chi connectivity index (χ3n) is 9.96. The highest BCUT2D eigenvalue weighted by atomic mass is 16.7. The minimum absolute atomic E-state index is 0.0302. The zero-order chi connectivity index (χ0) is 36.8. The van der Waals surface area contributed by atoms with Gasteiger partial charge in [0.25, 0.3) is 0 Å². The van der Waals surface area contributed by atoms with Gasteiger partial charge in [-0.25, -0.2) is 4.79 Å². The number of hydrogen-bond acceptors (Lipinski definition) is 12. The fraction of sp³-hybridized carbons (Fsp3) is 0.583. The van der Waals surface area contributed by atoms with Crippen LogP contribution in [0.2, 0.25) is 0 Å². The van der Waals surface area contributed by atoms with E-state index in [-0.39, 0.29) is 48.5 Å². The third-order valence-corrected chi connectivity index (χ3v) is 9.96. The lowest BCUT2D eigenvalue weighted by Gasteiger charge is -2.60. The molecule has 4 aliphatic rings. The van der Waals surface area contributed by atoms with E-state index in [9.17, 15) is 24.4 Å². The van der Waals surface area contributed by atoms with Crippen molar-refractivity contribution in [2.75, 3.05) is 41.7 Å². The molecular formula is C36H47N5O9. The quantitative estimate of drug-likeness (QED) is 0.287. The van der Waals surface area contributed by atoms with E-state index in [0.717, 1.165) is 16.7 Å². The zero-order valence-corrected chi connectivity index (χ0v) is 30.4. The Morgan fingerprint density at radius 3 is 2.36 bits per heavy atom. The SMILES string of the molecule is COCOc1c(OC)c(C)cc2c1C1C3CC4=C(C(=O)C(OC)=C(C)C4=O)C(CNC(=O)C(C)NC(=O)OC(C)(C)C)N3[C@@H](C#N)C(C2)N1C. The van der Waals surface area contributed by atoms with Crippen molar-refractivity contribution < 1.29 is 42.9 Å². The Bertz CT molecular complexity index is 1700. The average Bonchev–Trinajstić information content (AvgIpc) is 3.04. The van der Waals surface area contributed by atoms with Crippen molar-refractivity contribution in [1.29, 1.82) is 5.26 Å². The summed E-state index contributed by atoms with van der Waals surface area (Å²) < 4.78 is 28.1. The molecule has 14 heteroatoms. The summed E-state index contributed by atoms with van der Waals surface area (Å²) in [4.78, 5) is 58.1. The van der Waals surface area contributed by atoms with Gasteiger partial charge in [0, 0.05) is 48.0 Å². The smallest absolute Gasteiger partial charge is 0.408 e. The first-order chi connectivity index (χ1) is 23.6. The fourth-order valence-corrected chi connectivity index (χ4v) is 7.95. The van der Waals surface area contributed by atoms with Gasteiger partial charge in [-0.1, -0.05) is 6.07 Å². The van der Waals surface area contributed by atoms with Gasteiger partial charge in [0.05, 0.1) is 32.4 Å². The van der Waals surface area contributed by atoms with E-state index < -0.39 is 53.6 Å². The summed E-state index contributed by atoms with van der Waals surface area (Å²) in [5, 5.41) is 16.2. The maximum Gasteiger partial charge on any atom is 0.408 e. The number of benzene rings is 1. The standard InChI is InChI=1S/C36H47N5O9/c1-17-11-20-12-22-24(14-37)41-23(28(40(22)7)26(20)33(31(17)47-9)49-16-46-8)13-21-27(30(43)32(48-10)18(2)29(21)42)25(41)15-38-34(44)19(3)39-35(45)50-36(4,5)6/h11,19,22-25,28H,12-13,15-16H2,1-10H3,(H,38,44)(H,39,45)/t19?,22?,23?,24-,25?,28?/m0/s1. The number of allylic oxidation sites excluding steroid dienone is 2. The summed E-state index contributed by atoms with van der Waals surface area (Å²) in [6.45, 7) is 10.0. The number of amides is 2. The van der Waals surface area contributed by atoms with E-state index in [0.29, 0.717) is 23.5 Å². The average molecular weight is 694 g/mol. The fourth-order valence-electron chi connectivity index (χ4n) is 7.95. The summed E-state index contributed by atoms with van der Waals surface area (Å²) in [6, 6.07) is 0.775. The number of Topliss-reactive ketones (excluding diaryl/α,β-unsaturated/α-hetero) is 2. The van der Waals surface area contributed by atoms with Gasteiger partial charge in [0.1, 0.15) is 17.7 Å². The molecule has 2 N–H and O–H groups in total. The molecular weight excluding hydrogens is 646 g/mol. The lowest BCUT2D eigenvalue weighted by atomic mass is 9.69. The van der Waals surface area contributed by atoms with Gasteiger partial charge in [-0.2, -0.15) is 5.26 Å². The van der Waals surface area contributed by atoms with Crippen LogP contribution in [0, 0.1) is 18.3 Å². The van der Waals surface area contributed by atoms with Gasteiger partial charge in [-0.15, -0.1) is 0 Å². The normalized spacial score (nSPS) is 25.5. The second-order valence-corrected chi connectivity index (χ2v) is 14.2. The van der Waals surface area contributed by atoms with Crippen molar-refractivity contribution in [1.82, 2.24) is 20.4 Å². The molecule has 1 aromatic rings. The molecule has 2 amide bonds. The van der Waals surface area contributed by atoms with Gasteiger partial charge < -0.3 is 34.3 Å². The van der Waals surface area contributed by atoms with E-state index in [2.05, 4.69) is 27.7 Å². The van der Waals surface area contributed by atoms with E-state index in [1.54, 1.807) is 34.8 Å². The number of methoxy groups -OCH3 is 3. The van der Waals surface area contributed by atoms with Crippen LogP contribution in [-0.2, 0) is 35.0 Å². The molecule has 2 bridgehead atoms. The Morgan fingerprint density at radius 2 is 1.76 bits per heavy atom. The Labute approximate surface area is 292 Å². The monoisotopic (exact) mass is 693 g/mol. The van der Waals surface area contributed by atoms with Gasteiger partial charge in [0.15, 0.2) is 29.8 Å². The van der Waals surface area contributed by atoms with Crippen LogP contribution in [0.25, 0.3) is 0 Å². The Kier molecular flexibility index (Phi) is 10.3. The second kappa shape index (κ2) is 14.0. The summed E-state index contributed by atoms with van der Waals surface area (Å²) in [7, 11) is 6.41. The molecule has 0 aromatic heterocycles. The first-order valence-electron chi connectivity index (χ1n) is 16.7. The van der Waals surface area contributed by atoms with Crippen LogP contribution < -0.4 is 20.1 Å². The molecule has 1 saturated heterocycles. The number of carbonyl (C=O) groups excluding carboxylic acids is 4. The number of hydrogen-bond donors (Lipinski definition) is 2. The number of nitriles is 1. The Balaban J connectivity index is 1.62. The topological polar surface area (TPSA) is 169 Å². The molecule has 3 heterocycles. The van der Waals surface area contributed by atoms with E-state index in [4.69, 9.17) is 23.7 Å². The molecule has 5 unspecified atom stereocenters. The summed E-state index contributed by atoms with van der Waals surface area (Å²) in [6.07, 6.45) is -0.0997. The highest BCUT2D eigenvalue weighted by Gasteiger charge is 2.58. The number of fused-ring (bicyclic) bond motifs is 6. The first kappa shape index (κ1) is 36.8. The molecule has 14 nitrogen and oxygen atoms in total.